The Balaban J connectivity index is 2.09. The number of carbonyl (C=O) groups is 1. The zero-order valence-electron chi connectivity index (χ0n) is 14.0. The third kappa shape index (κ3) is 2.80. The number of carbonyl (C=O) groups excluding carboxylic acids is 1. The van der Waals surface area contributed by atoms with Gasteiger partial charge in [-0.1, -0.05) is 24.3 Å². The maximum atomic E-state index is 12.6. The third-order valence-corrected chi connectivity index (χ3v) is 4.03. The Morgan fingerprint density at radius 2 is 1.92 bits per heavy atom. The standard InChI is InChI=1S/C19H19N3O2/c1-4-22-16-8-6-5-7-14(16)20-17(19(22)24)18(23)21-15-11-12(2)9-10-13(15)3/h5-11H,4H2,1-3H3,(H,21,23). The van der Waals surface area contributed by atoms with E-state index in [4.69, 9.17) is 0 Å². The summed E-state index contributed by atoms with van der Waals surface area (Å²) in [6.45, 7) is 6.21. The highest BCUT2D eigenvalue weighted by Crippen LogP contribution is 2.17. The molecule has 3 rings (SSSR count). The van der Waals surface area contributed by atoms with Crippen LogP contribution in [0.3, 0.4) is 0 Å². The third-order valence-electron chi connectivity index (χ3n) is 4.03. The molecule has 2 aromatic carbocycles. The maximum absolute atomic E-state index is 12.6. The highest BCUT2D eigenvalue weighted by Gasteiger charge is 2.17. The summed E-state index contributed by atoms with van der Waals surface area (Å²) < 4.78 is 1.57. The van der Waals surface area contributed by atoms with Crippen molar-refractivity contribution in [2.75, 3.05) is 5.32 Å². The summed E-state index contributed by atoms with van der Waals surface area (Å²) in [5, 5.41) is 2.81. The summed E-state index contributed by atoms with van der Waals surface area (Å²) in [4.78, 5) is 29.5. The number of para-hydroxylation sites is 2. The Morgan fingerprint density at radius 1 is 1.17 bits per heavy atom. The van der Waals surface area contributed by atoms with Gasteiger partial charge in [0.15, 0.2) is 5.69 Å². The van der Waals surface area contributed by atoms with Crippen LogP contribution in [-0.2, 0) is 6.54 Å². The van der Waals surface area contributed by atoms with E-state index in [-0.39, 0.29) is 11.3 Å². The normalized spacial score (nSPS) is 10.8. The van der Waals surface area contributed by atoms with E-state index in [0.29, 0.717) is 17.7 Å². The molecule has 0 aliphatic carbocycles. The topological polar surface area (TPSA) is 64.0 Å². The molecule has 0 aliphatic heterocycles. The van der Waals surface area contributed by atoms with Crippen molar-refractivity contribution in [1.82, 2.24) is 9.55 Å². The molecule has 5 nitrogen and oxygen atoms in total. The first-order chi connectivity index (χ1) is 11.5. The molecular formula is C19H19N3O2. The SMILES string of the molecule is CCn1c(=O)c(C(=O)Nc2cc(C)ccc2C)nc2ccccc21. The van der Waals surface area contributed by atoms with Gasteiger partial charge in [0.25, 0.3) is 11.5 Å². The van der Waals surface area contributed by atoms with Crippen LogP contribution in [0.25, 0.3) is 11.0 Å². The van der Waals surface area contributed by atoms with Crippen molar-refractivity contribution >= 4 is 22.6 Å². The van der Waals surface area contributed by atoms with E-state index in [1.54, 1.807) is 10.6 Å². The smallest absolute Gasteiger partial charge is 0.282 e. The van der Waals surface area contributed by atoms with Crippen molar-refractivity contribution in [2.24, 2.45) is 0 Å². The van der Waals surface area contributed by atoms with Crippen molar-refractivity contribution in [2.45, 2.75) is 27.3 Å². The number of hydrogen-bond donors (Lipinski definition) is 1. The Morgan fingerprint density at radius 3 is 2.67 bits per heavy atom. The number of nitrogens with zero attached hydrogens (tertiary/aromatic N) is 2. The Bertz CT molecular complexity index is 990. The van der Waals surface area contributed by atoms with Gasteiger partial charge in [-0.05, 0) is 50.1 Å². The lowest BCUT2D eigenvalue weighted by Crippen LogP contribution is -2.31. The van der Waals surface area contributed by atoms with Gasteiger partial charge in [0.2, 0.25) is 0 Å². The molecule has 1 heterocycles. The minimum atomic E-state index is -0.485. The van der Waals surface area contributed by atoms with Gasteiger partial charge in [-0.15, -0.1) is 0 Å². The van der Waals surface area contributed by atoms with Crippen LogP contribution in [0, 0.1) is 13.8 Å². The van der Waals surface area contributed by atoms with Crippen molar-refractivity contribution in [3.63, 3.8) is 0 Å². The van der Waals surface area contributed by atoms with E-state index in [0.717, 1.165) is 16.6 Å². The maximum Gasteiger partial charge on any atom is 0.282 e. The molecule has 5 heteroatoms. The summed E-state index contributed by atoms with van der Waals surface area (Å²) in [7, 11) is 0. The molecule has 0 saturated carbocycles. The quantitative estimate of drug-likeness (QED) is 0.805. The number of amides is 1. The van der Waals surface area contributed by atoms with Crippen LogP contribution in [-0.4, -0.2) is 15.5 Å². The highest BCUT2D eigenvalue weighted by molar-refractivity contribution is 6.04. The molecule has 0 bridgehead atoms. The van der Waals surface area contributed by atoms with Gasteiger partial charge in [0.05, 0.1) is 11.0 Å². The van der Waals surface area contributed by atoms with E-state index in [1.807, 2.05) is 57.2 Å². The number of fused-ring (bicyclic) bond motifs is 1. The second-order valence-electron chi connectivity index (χ2n) is 5.77. The summed E-state index contributed by atoms with van der Waals surface area (Å²) in [5.41, 5.74) is 3.56. The lowest BCUT2D eigenvalue weighted by atomic mass is 10.1. The molecule has 0 unspecified atom stereocenters. The lowest BCUT2D eigenvalue weighted by molar-refractivity contribution is 0.102. The minimum absolute atomic E-state index is 0.0866. The van der Waals surface area contributed by atoms with Crippen molar-refractivity contribution in [3.05, 3.63) is 69.6 Å². The second kappa shape index (κ2) is 6.28. The van der Waals surface area contributed by atoms with Gasteiger partial charge >= 0.3 is 0 Å². The van der Waals surface area contributed by atoms with Crippen molar-refractivity contribution in [1.29, 1.82) is 0 Å². The second-order valence-corrected chi connectivity index (χ2v) is 5.77. The van der Waals surface area contributed by atoms with E-state index in [2.05, 4.69) is 10.3 Å². The lowest BCUT2D eigenvalue weighted by Gasteiger charge is -2.12. The average Bonchev–Trinajstić information content (AvgIpc) is 2.57. The largest absolute Gasteiger partial charge is 0.320 e. The van der Waals surface area contributed by atoms with Crippen LogP contribution in [0.4, 0.5) is 5.69 Å². The first-order valence-electron chi connectivity index (χ1n) is 7.89. The van der Waals surface area contributed by atoms with E-state index in [1.165, 1.54) is 0 Å². The van der Waals surface area contributed by atoms with Crippen LogP contribution in [0.1, 0.15) is 28.5 Å². The van der Waals surface area contributed by atoms with Gasteiger partial charge in [-0.2, -0.15) is 0 Å². The van der Waals surface area contributed by atoms with Gasteiger partial charge < -0.3 is 9.88 Å². The number of rotatable bonds is 3. The zero-order valence-corrected chi connectivity index (χ0v) is 14.0. The van der Waals surface area contributed by atoms with Crippen LogP contribution in [0.15, 0.2) is 47.3 Å². The monoisotopic (exact) mass is 321 g/mol. The molecule has 3 aromatic rings. The summed E-state index contributed by atoms with van der Waals surface area (Å²) in [5.74, 6) is -0.485. The van der Waals surface area contributed by atoms with Crippen molar-refractivity contribution < 1.29 is 4.79 Å². The summed E-state index contributed by atoms with van der Waals surface area (Å²) in [6.07, 6.45) is 0. The van der Waals surface area contributed by atoms with Gasteiger partial charge in [-0.25, -0.2) is 4.98 Å². The molecule has 0 fully saturated rings. The number of nitrogens with one attached hydrogen (secondary N) is 1. The van der Waals surface area contributed by atoms with Crippen LogP contribution in [0.5, 0.6) is 0 Å². The Labute approximate surface area is 140 Å². The van der Waals surface area contributed by atoms with Gasteiger partial charge in [-0.3, -0.25) is 9.59 Å². The molecule has 0 saturated heterocycles. The van der Waals surface area contributed by atoms with Gasteiger partial charge in [0, 0.05) is 12.2 Å². The first-order valence-corrected chi connectivity index (χ1v) is 7.89. The van der Waals surface area contributed by atoms with Gasteiger partial charge in [0.1, 0.15) is 0 Å². The molecule has 1 N–H and O–H groups in total. The van der Waals surface area contributed by atoms with Crippen LogP contribution >= 0.6 is 0 Å². The molecule has 0 radical (unpaired) electrons. The molecule has 0 aliphatic rings. The van der Waals surface area contributed by atoms with E-state index in [9.17, 15) is 9.59 Å². The molecular weight excluding hydrogens is 302 g/mol. The summed E-state index contributed by atoms with van der Waals surface area (Å²) in [6, 6.07) is 13.1. The van der Waals surface area contributed by atoms with Crippen LogP contribution in [0.2, 0.25) is 0 Å². The number of hydrogen-bond acceptors (Lipinski definition) is 3. The molecule has 1 aromatic heterocycles. The zero-order chi connectivity index (χ0) is 17.3. The highest BCUT2D eigenvalue weighted by atomic mass is 16.2. The summed E-state index contributed by atoms with van der Waals surface area (Å²) >= 11 is 0. The molecule has 122 valence electrons. The number of benzene rings is 2. The number of anilines is 1. The fourth-order valence-electron chi connectivity index (χ4n) is 2.71. The molecule has 1 amide bonds. The number of aromatic nitrogens is 2. The first kappa shape index (κ1) is 15.9. The van der Waals surface area contributed by atoms with Crippen molar-refractivity contribution in [3.8, 4) is 0 Å². The predicted octanol–water partition coefficient (Wildman–Crippen LogP) is 3.29. The average molecular weight is 321 g/mol. The van der Waals surface area contributed by atoms with E-state index >= 15 is 0 Å². The fraction of sp³-hybridized carbons (Fsp3) is 0.211. The number of aryl methyl sites for hydroxylation is 3. The van der Waals surface area contributed by atoms with Crippen LogP contribution < -0.4 is 10.9 Å². The molecule has 0 spiro atoms. The predicted molar refractivity (Wildman–Crippen MR) is 95.5 cm³/mol. The van der Waals surface area contributed by atoms with E-state index < -0.39 is 5.91 Å². The Kier molecular flexibility index (Phi) is 4.16. The molecule has 0 atom stereocenters. The Hall–Kier alpha value is -2.95. The minimum Gasteiger partial charge on any atom is -0.320 e. The fourth-order valence-corrected chi connectivity index (χ4v) is 2.71. The molecule has 24 heavy (non-hydrogen) atoms.